The van der Waals surface area contributed by atoms with Crippen LogP contribution in [0.1, 0.15) is 12.6 Å². The van der Waals surface area contributed by atoms with Gasteiger partial charge in [-0.2, -0.15) is 5.10 Å². The number of aliphatic carboxylic acids is 1. The van der Waals surface area contributed by atoms with Crippen LogP contribution in [0.2, 0.25) is 0 Å². The van der Waals surface area contributed by atoms with Gasteiger partial charge >= 0.3 is 5.97 Å². The minimum atomic E-state index is -0.829. The number of carboxylic acids is 1. The third-order valence-electron chi connectivity index (χ3n) is 2.24. The van der Waals surface area contributed by atoms with Crippen LogP contribution in [0.15, 0.2) is 24.9 Å². The van der Waals surface area contributed by atoms with Crippen molar-refractivity contribution in [2.75, 3.05) is 13.1 Å². The highest BCUT2D eigenvalue weighted by molar-refractivity contribution is 5.69. The highest BCUT2D eigenvalue weighted by atomic mass is 16.4. The monoisotopic (exact) mass is 223 g/mol. The summed E-state index contributed by atoms with van der Waals surface area (Å²) in [4.78, 5) is 12.5. The van der Waals surface area contributed by atoms with Crippen molar-refractivity contribution >= 4 is 5.97 Å². The van der Waals surface area contributed by atoms with Gasteiger partial charge in [0.1, 0.15) is 0 Å². The van der Waals surface area contributed by atoms with Crippen LogP contribution in [0, 0.1) is 0 Å². The number of hydrogen-bond donors (Lipinski definition) is 1. The Morgan fingerprint density at radius 2 is 2.50 bits per heavy atom. The summed E-state index contributed by atoms with van der Waals surface area (Å²) in [6.45, 7) is 7.56. The van der Waals surface area contributed by atoms with Crippen LogP contribution >= 0.6 is 0 Å². The van der Waals surface area contributed by atoms with Gasteiger partial charge in [-0.1, -0.05) is 6.08 Å². The van der Waals surface area contributed by atoms with Gasteiger partial charge in [0.15, 0.2) is 0 Å². The van der Waals surface area contributed by atoms with E-state index < -0.39 is 5.97 Å². The summed E-state index contributed by atoms with van der Waals surface area (Å²) < 4.78 is 1.86. The van der Waals surface area contributed by atoms with Crippen molar-refractivity contribution in [3.05, 3.63) is 30.6 Å². The van der Waals surface area contributed by atoms with E-state index in [1.807, 2.05) is 17.7 Å². The molecular weight excluding hydrogens is 206 g/mol. The van der Waals surface area contributed by atoms with Gasteiger partial charge in [0.25, 0.3) is 0 Å². The molecule has 5 nitrogen and oxygen atoms in total. The topological polar surface area (TPSA) is 58.4 Å². The van der Waals surface area contributed by atoms with Crippen LogP contribution in [0.5, 0.6) is 0 Å². The van der Waals surface area contributed by atoms with Gasteiger partial charge in [-0.05, 0) is 13.0 Å². The minimum Gasteiger partial charge on any atom is -0.480 e. The minimum absolute atomic E-state index is 0.0148. The SMILES string of the molecule is C=CCN(CC(=O)O)Cc1ccnn1CC. The summed E-state index contributed by atoms with van der Waals surface area (Å²) in [6, 6.07) is 1.90. The van der Waals surface area contributed by atoms with Crippen molar-refractivity contribution in [2.45, 2.75) is 20.0 Å². The summed E-state index contributed by atoms with van der Waals surface area (Å²) in [5, 5.41) is 12.9. The number of carboxylic acid groups (broad SMARTS) is 1. The molecule has 0 fully saturated rings. The second-order valence-corrected chi connectivity index (χ2v) is 3.49. The fourth-order valence-electron chi connectivity index (χ4n) is 1.57. The Labute approximate surface area is 95.0 Å². The molecule has 0 aromatic carbocycles. The van der Waals surface area contributed by atoms with E-state index in [0.717, 1.165) is 12.2 Å². The maximum Gasteiger partial charge on any atom is 0.317 e. The van der Waals surface area contributed by atoms with E-state index in [0.29, 0.717) is 13.1 Å². The standard InChI is InChI=1S/C11H17N3O2/c1-3-7-13(9-11(15)16)8-10-5-6-12-14(10)4-2/h3,5-6H,1,4,7-9H2,2H3,(H,15,16). The predicted molar refractivity (Wildman–Crippen MR) is 61.0 cm³/mol. The number of carbonyl (C=O) groups is 1. The lowest BCUT2D eigenvalue weighted by Gasteiger charge is -2.18. The van der Waals surface area contributed by atoms with E-state index in [9.17, 15) is 4.79 Å². The molecule has 0 saturated carbocycles. The van der Waals surface area contributed by atoms with E-state index in [-0.39, 0.29) is 6.54 Å². The average Bonchev–Trinajstić information content (AvgIpc) is 2.64. The molecule has 88 valence electrons. The molecule has 5 heteroatoms. The molecule has 0 saturated heterocycles. The first-order valence-electron chi connectivity index (χ1n) is 5.23. The molecule has 0 unspecified atom stereocenters. The van der Waals surface area contributed by atoms with E-state index in [4.69, 9.17) is 5.11 Å². The largest absolute Gasteiger partial charge is 0.480 e. The Bertz CT molecular complexity index is 360. The van der Waals surface area contributed by atoms with Crippen molar-refractivity contribution in [3.63, 3.8) is 0 Å². The lowest BCUT2D eigenvalue weighted by Crippen LogP contribution is -2.30. The van der Waals surface area contributed by atoms with Gasteiger partial charge in [-0.25, -0.2) is 0 Å². The van der Waals surface area contributed by atoms with E-state index in [2.05, 4.69) is 11.7 Å². The Morgan fingerprint density at radius 1 is 1.75 bits per heavy atom. The van der Waals surface area contributed by atoms with Crippen molar-refractivity contribution in [2.24, 2.45) is 0 Å². The summed E-state index contributed by atoms with van der Waals surface area (Å²) in [5.41, 5.74) is 1.02. The van der Waals surface area contributed by atoms with Crippen LogP contribution in [0.25, 0.3) is 0 Å². The molecule has 0 aliphatic carbocycles. The highest BCUT2D eigenvalue weighted by Gasteiger charge is 2.11. The van der Waals surface area contributed by atoms with Crippen molar-refractivity contribution in [1.82, 2.24) is 14.7 Å². The summed E-state index contributed by atoms with van der Waals surface area (Å²) in [6.07, 6.45) is 3.43. The zero-order valence-corrected chi connectivity index (χ0v) is 9.46. The number of aromatic nitrogens is 2. The zero-order valence-electron chi connectivity index (χ0n) is 9.46. The molecular formula is C11H17N3O2. The van der Waals surface area contributed by atoms with Crippen LogP contribution in [0.4, 0.5) is 0 Å². The fourth-order valence-corrected chi connectivity index (χ4v) is 1.57. The number of nitrogens with zero attached hydrogens (tertiary/aromatic N) is 3. The second kappa shape index (κ2) is 6.07. The molecule has 1 heterocycles. The van der Waals surface area contributed by atoms with E-state index in [1.54, 1.807) is 17.2 Å². The maximum atomic E-state index is 10.7. The Hall–Kier alpha value is -1.62. The molecule has 0 atom stereocenters. The van der Waals surface area contributed by atoms with E-state index in [1.165, 1.54) is 0 Å². The first-order valence-corrected chi connectivity index (χ1v) is 5.23. The van der Waals surface area contributed by atoms with Crippen LogP contribution in [0.3, 0.4) is 0 Å². The summed E-state index contributed by atoms with van der Waals surface area (Å²) >= 11 is 0. The predicted octanol–water partition coefficient (Wildman–Crippen LogP) is 0.976. The zero-order chi connectivity index (χ0) is 12.0. The lowest BCUT2D eigenvalue weighted by molar-refractivity contribution is -0.138. The van der Waals surface area contributed by atoms with Crippen LogP contribution < -0.4 is 0 Å². The van der Waals surface area contributed by atoms with Gasteiger partial charge in [0.2, 0.25) is 0 Å². The molecule has 0 radical (unpaired) electrons. The smallest absolute Gasteiger partial charge is 0.317 e. The fraction of sp³-hybridized carbons (Fsp3) is 0.455. The van der Waals surface area contributed by atoms with Gasteiger partial charge in [-0.15, -0.1) is 6.58 Å². The van der Waals surface area contributed by atoms with Gasteiger partial charge in [0.05, 0.1) is 12.2 Å². The summed E-state index contributed by atoms with van der Waals surface area (Å²) in [5.74, 6) is -0.829. The van der Waals surface area contributed by atoms with Gasteiger partial charge < -0.3 is 5.11 Å². The Balaban J connectivity index is 2.66. The Morgan fingerprint density at radius 3 is 3.06 bits per heavy atom. The number of hydrogen-bond acceptors (Lipinski definition) is 3. The second-order valence-electron chi connectivity index (χ2n) is 3.49. The van der Waals surface area contributed by atoms with Crippen molar-refractivity contribution in [3.8, 4) is 0 Å². The van der Waals surface area contributed by atoms with Gasteiger partial charge in [-0.3, -0.25) is 14.4 Å². The Kier molecular flexibility index (Phi) is 4.72. The van der Waals surface area contributed by atoms with E-state index >= 15 is 0 Å². The van der Waals surface area contributed by atoms with Gasteiger partial charge in [0, 0.05) is 25.8 Å². The molecule has 0 bridgehead atoms. The first kappa shape index (κ1) is 12.4. The third-order valence-corrected chi connectivity index (χ3v) is 2.24. The average molecular weight is 223 g/mol. The normalized spacial score (nSPS) is 10.6. The van der Waals surface area contributed by atoms with Crippen molar-refractivity contribution < 1.29 is 9.90 Å². The van der Waals surface area contributed by atoms with Crippen LogP contribution in [-0.2, 0) is 17.9 Å². The first-order chi connectivity index (χ1) is 7.67. The van der Waals surface area contributed by atoms with Crippen molar-refractivity contribution in [1.29, 1.82) is 0 Å². The molecule has 0 amide bonds. The molecule has 0 aliphatic rings. The number of aryl methyl sites for hydroxylation is 1. The highest BCUT2D eigenvalue weighted by Crippen LogP contribution is 2.04. The molecule has 16 heavy (non-hydrogen) atoms. The molecule has 1 aromatic heterocycles. The molecule has 1 N–H and O–H groups in total. The van der Waals surface area contributed by atoms with Crippen LogP contribution in [-0.4, -0.2) is 38.8 Å². The maximum absolute atomic E-state index is 10.7. The summed E-state index contributed by atoms with van der Waals surface area (Å²) in [7, 11) is 0. The molecule has 1 rings (SSSR count). The lowest BCUT2D eigenvalue weighted by atomic mass is 10.3. The molecule has 0 aliphatic heterocycles. The molecule has 0 spiro atoms. The third kappa shape index (κ3) is 3.51. The number of rotatable bonds is 7. The molecule has 1 aromatic rings. The quantitative estimate of drug-likeness (QED) is 0.700.